The van der Waals surface area contributed by atoms with Gasteiger partial charge in [-0.25, -0.2) is 9.18 Å². The van der Waals surface area contributed by atoms with E-state index in [1.54, 1.807) is 30.5 Å². The molecule has 0 fully saturated rings. The number of carboxylic acids is 1. The van der Waals surface area contributed by atoms with E-state index < -0.39 is 5.97 Å². The summed E-state index contributed by atoms with van der Waals surface area (Å²) < 4.78 is 15.5. The van der Waals surface area contributed by atoms with E-state index in [0.29, 0.717) is 11.1 Å². The number of nitrogens with one attached hydrogen (secondary N) is 1. The highest BCUT2D eigenvalue weighted by atomic mass is 19.1. The lowest BCUT2D eigenvalue weighted by Crippen LogP contribution is -2.24. The molecule has 0 spiro atoms. The van der Waals surface area contributed by atoms with Gasteiger partial charge in [0, 0.05) is 11.9 Å². The van der Waals surface area contributed by atoms with E-state index in [9.17, 15) is 14.0 Å². The molecule has 1 heterocycles. The number of rotatable bonds is 7. The molecule has 0 saturated heterocycles. The van der Waals surface area contributed by atoms with Crippen LogP contribution in [-0.2, 0) is 6.54 Å². The van der Waals surface area contributed by atoms with Gasteiger partial charge in [-0.05, 0) is 82.4 Å². The number of nitrogens with zero attached hydrogens (tertiary/aromatic N) is 2. The van der Waals surface area contributed by atoms with Crippen molar-refractivity contribution in [3.63, 3.8) is 0 Å². The molecule has 0 radical (unpaired) electrons. The molecule has 6 rings (SSSR count). The molecule has 7 heteroatoms. The normalized spacial score (nSPS) is 12.0. The Morgan fingerprint density at radius 2 is 1.59 bits per heavy atom. The third-order valence-electron chi connectivity index (χ3n) is 7.39. The monoisotopic (exact) mass is 543 g/mol. The number of benzene rings is 5. The number of halogens is 1. The molecule has 6 aromatic rings. The van der Waals surface area contributed by atoms with Crippen LogP contribution in [0.4, 0.5) is 4.39 Å². The summed E-state index contributed by atoms with van der Waals surface area (Å²) in [5.41, 5.74) is 4.69. The minimum atomic E-state index is -1.01. The molecule has 1 atom stereocenters. The maximum atomic E-state index is 13.7. The Labute approximate surface area is 235 Å². The molecule has 0 saturated carbocycles. The lowest BCUT2D eigenvalue weighted by atomic mass is 9.99. The Balaban J connectivity index is 1.40. The summed E-state index contributed by atoms with van der Waals surface area (Å²) in [5, 5.41) is 19.9. The molecule has 1 aromatic heterocycles. The first kappa shape index (κ1) is 26.0. The zero-order chi connectivity index (χ0) is 28.5. The SMILES string of the molecule is C[C@@H](c1ccc2ccccc2c1)n1ncc2cc(-c3ccc(F)cc3)cc(C(=O)NCc3ccc(C(=O)O)cc3)c21. The highest BCUT2D eigenvalue weighted by Gasteiger charge is 2.21. The number of hydrogen-bond acceptors (Lipinski definition) is 3. The van der Waals surface area contributed by atoms with Crippen molar-refractivity contribution in [1.82, 2.24) is 15.1 Å². The van der Waals surface area contributed by atoms with Crippen LogP contribution >= 0.6 is 0 Å². The molecule has 0 aliphatic rings. The van der Waals surface area contributed by atoms with Crippen LogP contribution < -0.4 is 5.32 Å². The zero-order valence-corrected chi connectivity index (χ0v) is 22.2. The number of carboxylic acid groups (broad SMARTS) is 1. The maximum absolute atomic E-state index is 13.7. The first-order valence-electron chi connectivity index (χ1n) is 13.2. The van der Waals surface area contributed by atoms with Crippen LogP contribution in [0.3, 0.4) is 0 Å². The lowest BCUT2D eigenvalue weighted by Gasteiger charge is -2.17. The summed E-state index contributed by atoms with van der Waals surface area (Å²) >= 11 is 0. The van der Waals surface area contributed by atoms with Gasteiger partial charge in [0.15, 0.2) is 0 Å². The van der Waals surface area contributed by atoms with Crippen molar-refractivity contribution in [2.45, 2.75) is 19.5 Å². The van der Waals surface area contributed by atoms with Gasteiger partial charge in [-0.2, -0.15) is 5.10 Å². The van der Waals surface area contributed by atoms with E-state index in [1.165, 1.54) is 24.3 Å². The molecular weight excluding hydrogens is 517 g/mol. The largest absolute Gasteiger partial charge is 0.478 e. The second-order valence-corrected chi connectivity index (χ2v) is 10.0. The van der Waals surface area contributed by atoms with Gasteiger partial charge in [0.05, 0.1) is 28.9 Å². The first-order chi connectivity index (χ1) is 19.9. The fraction of sp³-hybridized carbons (Fsp3) is 0.0882. The standard InChI is InChI=1S/C34H26FN3O3/c1-21(26-11-10-23-4-2-3-5-27(23)16-26)38-32-29(20-37-38)17-28(24-12-14-30(35)15-13-24)18-31(32)33(39)36-19-22-6-8-25(9-7-22)34(40)41/h2-18,20-21H,19H2,1H3,(H,36,39)(H,40,41)/t21-/m0/s1. The molecule has 0 aliphatic carbocycles. The van der Waals surface area contributed by atoms with Crippen LogP contribution in [0.15, 0.2) is 109 Å². The zero-order valence-electron chi connectivity index (χ0n) is 22.2. The van der Waals surface area contributed by atoms with Gasteiger partial charge >= 0.3 is 5.97 Å². The molecule has 202 valence electrons. The molecule has 41 heavy (non-hydrogen) atoms. The summed E-state index contributed by atoms with van der Waals surface area (Å²) in [4.78, 5) is 24.9. The summed E-state index contributed by atoms with van der Waals surface area (Å²) in [6.45, 7) is 2.27. The van der Waals surface area contributed by atoms with Gasteiger partial charge in [0.1, 0.15) is 5.82 Å². The van der Waals surface area contributed by atoms with Crippen LogP contribution in [0.2, 0.25) is 0 Å². The number of carbonyl (C=O) groups excluding carboxylic acids is 1. The summed E-state index contributed by atoms with van der Waals surface area (Å²) in [6.07, 6.45) is 1.75. The Morgan fingerprint density at radius 3 is 2.32 bits per heavy atom. The van der Waals surface area contributed by atoms with Crippen molar-refractivity contribution in [2.24, 2.45) is 0 Å². The smallest absolute Gasteiger partial charge is 0.335 e. The van der Waals surface area contributed by atoms with E-state index in [0.717, 1.165) is 38.4 Å². The van der Waals surface area contributed by atoms with Crippen molar-refractivity contribution >= 4 is 33.6 Å². The number of hydrogen-bond donors (Lipinski definition) is 2. The Morgan fingerprint density at radius 1 is 0.854 bits per heavy atom. The van der Waals surface area contributed by atoms with Crippen LogP contribution in [0.1, 0.15) is 44.8 Å². The van der Waals surface area contributed by atoms with Crippen molar-refractivity contribution in [1.29, 1.82) is 0 Å². The van der Waals surface area contributed by atoms with Gasteiger partial charge in [0.2, 0.25) is 0 Å². The minimum Gasteiger partial charge on any atom is -0.478 e. The summed E-state index contributed by atoms with van der Waals surface area (Å²) in [6, 6.07) is 30.6. The second-order valence-electron chi connectivity index (χ2n) is 10.0. The second kappa shape index (κ2) is 10.7. The van der Waals surface area contributed by atoms with Crippen molar-refractivity contribution in [2.75, 3.05) is 0 Å². The van der Waals surface area contributed by atoms with Crippen LogP contribution in [-0.4, -0.2) is 26.8 Å². The summed E-state index contributed by atoms with van der Waals surface area (Å²) in [7, 11) is 0. The van der Waals surface area contributed by atoms with E-state index in [-0.39, 0.29) is 29.9 Å². The number of fused-ring (bicyclic) bond motifs is 2. The highest BCUT2D eigenvalue weighted by molar-refractivity contribution is 6.07. The predicted molar refractivity (Wildman–Crippen MR) is 157 cm³/mol. The minimum absolute atomic E-state index is 0.163. The van der Waals surface area contributed by atoms with Gasteiger partial charge in [-0.1, -0.05) is 60.7 Å². The Hall–Kier alpha value is -5.30. The molecule has 0 bridgehead atoms. The number of aromatic carboxylic acids is 1. The van der Waals surface area contributed by atoms with Crippen LogP contribution in [0.25, 0.3) is 32.8 Å². The number of carbonyl (C=O) groups is 2. The summed E-state index contributed by atoms with van der Waals surface area (Å²) in [5.74, 6) is -1.64. The van der Waals surface area contributed by atoms with E-state index in [2.05, 4.69) is 42.6 Å². The Kier molecular flexibility index (Phi) is 6.77. The molecular formula is C34H26FN3O3. The van der Waals surface area contributed by atoms with E-state index in [4.69, 9.17) is 10.2 Å². The third-order valence-corrected chi connectivity index (χ3v) is 7.39. The van der Waals surface area contributed by atoms with E-state index >= 15 is 0 Å². The van der Waals surface area contributed by atoms with Crippen molar-refractivity contribution in [3.8, 4) is 11.1 Å². The maximum Gasteiger partial charge on any atom is 0.335 e. The fourth-order valence-corrected chi connectivity index (χ4v) is 5.12. The van der Waals surface area contributed by atoms with E-state index in [1.807, 2.05) is 28.9 Å². The van der Waals surface area contributed by atoms with Gasteiger partial charge in [0.25, 0.3) is 5.91 Å². The average molecular weight is 544 g/mol. The van der Waals surface area contributed by atoms with Crippen molar-refractivity contribution in [3.05, 3.63) is 137 Å². The van der Waals surface area contributed by atoms with Crippen LogP contribution in [0.5, 0.6) is 0 Å². The van der Waals surface area contributed by atoms with Gasteiger partial charge in [-0.3, -0.25) is 9.48 Å². The molecule has 2 N–H and O–H groups in total. The number of aromatic nitrogens is 2. The molecule has 1 amide bonds. The van der Waals surface area contributed by atoms with Gasteiger partial charge in [-0.15, -0.1) is 0 Å². The average Bonchev–Trinajstić information content (AvgIpc) is 3.43. The van der Waals surface area contributed by atoms with Gasteiger partial charge < -0.3 is 10.4 Å². The topological polar surface area (TPSA) is 84.2 Å². The molecule has 0 unspecified atom stereocenters. The molecule has 6 nitrogen and oxygen atoms in total. The fourth-order valence-electron chi connectivity index (χ4n) is 5.12. The quantitative estimate of drug-likeness (QED) is 0.222. The molecule has 0 aliphatic heterocycles. The van der Waals surface area contributed by atoms with Crippen molar-refractivity contribution < 1.29 is 19.1 Å². The highest BCUT2D eigenvalue weighted by Crippen LogP contribution is 2.32. The predicted octanol–water partition coefficient (Wildman–Crippen LogP) is 7.23. The molecule has 5 aromatic carbocycles. The Bertz CT molecular complexity index is 1910. The number of amides is 1. The first-order valence-corrected chi connectivity index (χ1v) is 13.2. The van der Waals surface area contributed by atoms with Crippen LogP contribution in [0, 0.1) is 5.82 Å². The third kappa shape index (κ3) is 5.17. The lowest BCUT2D eigenvalue weighted by molar-refractivity contribution is 0.0696.